The Morgan fingerprint density at radius 3 is 2.25 bits per heavy atom. The van der Waals surface area contributed by atoms with E-state index in [4.69, 9.17) is 0 Å². The van der Waals surface area contributed by atoms with Gasteiger partial charge in [0.05, 0.1) is 11.0 Å². The molecule has 36 heavy (non-hydrogen) atoms. The van der Waals surface area contributed by atoms with Crippen molar-refractivity contribution in [1.29, 1.82) is 0 Å². The standard InChI is InChI=1S/C22H26F2N4OS.C3H8O.C2H6/c1-14(2)13-28-20-11-8-17(12-19(20)26-21(28)22(4,23)24)27(5)30-18-9-6-16(7-10-18)25-15(3)29;1-3-4-2;1-2/h6-12,14H,13H2,1-5H3,(H,25,29);3H2,1-2H3;1-2H3. The Hall–Kier alpha value is -2.65. The van der Waals surface area contributed by atoms with Crippen LogP contribution in [-0.2, 0) is 22.0 Å². The lowest BCUT2D eigenvalue weighted by atomic mass is 10.2. The molecule has 1 aromatic heterocycles. The van der Waals surface area contributed by atoms with Gasteiger partial charge in [0, 0.05) is 57.4 Å². The van der Waals surface area contributed by atoms with Gasteiger partial charge in [0.25, 0.3) is 0 Å². The van der Waals surface area contributed by atoms with Crippen molar-refractivity contribution >= 4 is 40.3 Å². The number of nitrogens with zero attached hydrogens (tertiary/aromatic N) is 3. The van der Waals surface area contributed by atoms with Crippen molar-refractivity contribution in [2.24, 2.45) is 5.92 Å². The van der Waals surface area contributed by atoms with Crippen LogP contribution in [0.15, 0.2) is 47.4 Å². The topological polar surface area (TPSA) is 59.4 Å². The molecule has 0 fully saturated rings. The van der Waals surface area contributed by atoms with Crippen LogP contribution in [0.3, 0.4) is 0 Å². The van der Waals surface area contributed by atoms with Crippen molar-refractivity contribution in [3.8, 4) is 0 Å². The summed E-state index contributed by atoms with van der Waals surface area (Å²) in [7, 11) is 3.59. The zero-order valence-corrected chi connectivity index (χ0v) is 23.7. The van der Waals surface area contributed by atoms with Gasteiger partial charge in [-0.1, -0.05) is 27.7 Å². The van der Waals surface area contributed by atoms with Crippen LogP contribution in [0.1, 0.15) is 54.3 Å². The van der Waals surface area contributed by atoms with Gasteiger partial charge in [-0.15, -0.1) is 0 Å². The normalized spacial score (nSPS) is 10.9. The number of benzene rings is 2. The first-order valence-corrected chi connectivity index (χ1v) is 12.9. The Bertz CT molecular complexity index is 1080. The number of anilines is 2. The highest BCUT2D eigenvalue weighted by Gasteiger charge is 2.32. The predicted octanol–water partition coefficient (Wildman–Crippen LogP) is 7.58. The van der Waals surface area contributed by atoms with Gasteiger partial charge in [-0.25, -0.2) is 4.98 Å². The average molecular weight is 523 g/mol. The van der Waals surface area contributed by atoms with Crippen LogP contribution in [0.2, 0.25) is 0 Å². The number of aromatic nitrogens is 2. The number of hydrogen-bond acceptors (Lipinski definition) is 5. The fourth-order valence-corrected chi connectivity index (χ4v) is 4.01. The highest BCUT2D eigenvalue weighted by molar-refractivity contribution is 8.00. The van der Waals surface area contributed by atoms with Crippen molar-refractivity contribution in [2.75, 3.05) is 30.4 Å². The zero-order chi connectivity index (χ0) is 27.5. The Morgan fingerprint density at radius 1 is 1.19 bits per heavy atom. The van der Waals surface area contributed by atoms with Gasteiger partial charge >= 0.3 is 5.92 Å². The smallest absolute Gasteiger partial charge is 0.302 e. The van der Waals surface area contributed by atoms with Crippen LogP contribution in [0, 0.1) is 5.92 Å². The van der Waals surface area contributed by atoms with Crippen molar-refractivity contribution in [1.82, 2.24) is 9.55 Å². The second kappa shape index (κ2) is 14.8. The van der Waals surface area contributed by atoms with E-state index in [1.165, 1.54) is 18.9 Å². The minimum atomic E-state index is -3.01. The summed E-state index contributed by atoms with van der Waals surface area (Å²) in [6, 6.07) is 13.1. The van der Waals surface area contributed by atoms with E-state index in [1.807, 2.05) is 88.4 Å². The van der Waals surface area contributed by atoms with Crippen LogP contribution in [0.25, 0.3) is 11.0 Å². The molecule has 0 unspecified atom stereocenters. The molecule has 0 radical (unpaired) electrons. The lowest BCUT2D eigenvalue weighted by Gasteiger charge is -2.18. The van der Waals surface area contributed by atoms with Crippen molar-refractivity contribution in [3.63, 3.8) is 0 Å². The molecular formula is C27H40F2N4O2S. The highest BCUT2D eigenvalue weighted by Crippen LogP contribution is 2.34. The Balaban J connectivity index is 0.000000982. The van der Waals surface area contributed by atoms with E-state index >= 15 is 0 Å². The fraction of sp³-hybridized carbons (Fsp3) is 0.481. The predicted molar refractivity (Wildman–Crippen MR) is 148 cm³/mol. The molecule has 3 aromatic rings. The molecular weight excluding hydrogens is 482 g/mol. The van der Waals surface area contributed by atoms with Gasteiger partial charge in [0.2, 0.25) is 5.91 Å². The molecule has 200 valence electrons. The molecule has 3 rings (SSSR count). The SMILES string of the molecule is CC.CC(=O)Nc1ccc(SN(C)c2ccc3c(c2)nc(C(C)(F)F)n3CC(C)C)cc1.CCOC. The van der Waals surface area contributed by atoms with Crippen molar-refractivity contribution in [2.45, 2.75) is 65.8 Å². The molecule has 0 saturated carbocycles. The second-order valence-corrected chi connectivity index (χ2v) is 9.57. The average Bonchev–Trinajstić information content (AvgIpc) is 3.19. The van der Waals surface area contributed by atoms with E-state index in [1.54, 1.807) is 11.7 Å². The summed E-state index contributed by atoms with van der Waals surface area (Å²) < 4.78 is 36.4. The molecule has 6 nitrogen and oxygen atoms in total. The molecule has 0 spiro atoms. The first kappa shape index (κ1) is 31.4. The molecule has 2 aromatic carbocycles. The summed E-state index contributed by atoms with van der Waals surface area (Å²) in [5, 5.41) is 2.74. The minimum Gasteiger partial charge on any atom is -0.385 e. The zero-order valence-electron chi connectivity index (χ0n) is 22.9. The van der Waals surface area contributed by atoms with Crippen molar-refractivity contribution in [3.05, 3.63) is 48.3 Å². The number of imidazole rings is 1. The number of alkyl halides is 2. The largest absolute Gasteiger partial charge is 0.385 e. The molecule has 1 N–H and O–H groups in total. The number of ether oxygens (including phenoxy) is 1. The van der Waals surface area contributed by atoms with E-state index in [2.05, 4.69) is 15.0 Å². The van der Waals surface area contributed by atoms with E-state index in [9.17, 15) is 13.6 Å². The molecule has 0 aliphatic carbocycles. The number of carbonyl (C=O) groups is 1. The number of fused-ring (bicyclic) bond motifs is 1. The Kier molecular flexibility index (Phi) is 12.9. The number of hydrogen-bond donors (Lipinski definition) is 1. The number of carbonyl (C=O) groups excluding carboxylic acids is 1. The molecule has 0 aliphatic heterocycles. The Morgan fingerprint density at radius 2 is 1.78 bits per heavy atom. The molecule has 9 heteroatoms. The molecule has 0 bridgehead atoms. The summed E-state index contributed by atoms with van der Waals surface area (Å²) in [6.07, 6.45) is 0. The van der Waals surface area contributed by atoms with Gasteiger partial charge in [-0.2, -0.15) is 8.78 Å². The molecule has 1 amide bonds. The van der Waals surface area contributed by atoms with Crippen LogP contribution in [0.5, 0.6) is 0 Å². The maximum atomic E-state index is 14.1. The quantitative estimate of drug-likeness (QED) is 0.309. The summed E-state index contributed by atoms with van der Waals surface area (Å²) in [5.41, 5.74) is 2.86. The van der Waals surface area contributed by atoms with Crippen LogP contribution in [-0.4, -0.2) is 36.2 Å². The molecule has 0 atom stereocenters. The maximum absolute atomic E-state index is 14.1. The summed E-state index contributed by atoms with van der Waals surface area (Å²) in [5.74, 6) is -3.10. The van der Waals surface area contributed by atoms with Gasteiger partial charge in [-0.05, 0) is 67.3 Å². The lowest BCUT2D eigenvalue weighted by molar-refractivity contribution is -0.114. The number of rotatable bonds is 8. The number of nitrogens with one attached hydrogen (secondary N) is 1. The molecule has 0 saturated heterocycles. The monoisotopic (exact) mass is 522 g/mol. The molecule has 1 heterocycles. The maximum Gasteiger partial charge on any atom is 0.302 e. The Labute approximate surface area is 218 Å². The van der Waals surface area contributed by atoms with E-state index in [0.717, 1.165) is 29.8 Å². The van der Waals surface area contributed by atoms with Crippen LogP contribution in [0.4, 0.5) is 20.2 Å². The van der Waals surface area contributed by atoms with E-state index in [-0.39, 0.29) is 17.6 Å². The van der Waals surface area contributed by atoms with Crippen molar-refractivity contribution < 1.29 is 18.3 Å². The highest BCUT2D eigenvalue weighted by atomic mass is 32.2. The van der Waals surface area contributed by atoms with Gasteiger partial charge < -0.3 is 18.9 Å². The third kappa shape index (κ3) is 9.43. The lowest BCUT2D eigenvalue weighted by Crippen LogP contribution is -2.18. The van der Waals surface area contributed by atoms with Crippen LogP contribution >= 0.6 is 11.9 Å². The second-order valence-electron chi connectivity index (χ2n) is 8.37. The summed E-state index contributed by atoms with van der Waals surface area (Å²) in [4.78, 5) is 16.4. The van der Waals surface area contributed by atoms with E-state index in [0.29, 0.717) is 17.6 Å². The molecule has 0 aliphatic rings. The van der Waals surface area contributed by atoms with E-state index < -0.39 is 5.92 Å². The number of amides is 1. The van der Waals surface area contributed by atoms with Crippen LogP contribution < -0.4 is 9.62 Å². The number of methoxy groups -OCH3 is 1. The third-order valence-electron chi connectivity index (χ3n) is 4.74. The summed E-state index contributed by atoms with van der Waals surface area (Å²) in [6.45, 7) is 13.6. The van der Waals surface area contributed by atoms with Gasteiger partial charge in [0.15, 0.2) is 5.82 Å². The third-order valence-corrected chi connectivity index (χ3v) is 5.71. The minimum absolute atomic E-state index is 0.116. The van der Waals surface area contributed by atoms with Gasteiger partial charge in [-0.3, -0.25) is 4.79 Å². The first-order valence-electron chi connectivity index (χ1n) is 12.1. The van der Waals surface area contributed by atoms with Gasteiger partial charge in [0.1, 0.15) is 0 Å². The summed E-state index contributed by atoms with van der Waals surface area (Å²) >= 11 is 1.50. The first-order chi connectivity index (χ1) is 17.0. The number of halogens is 2. The fourth-order valence-electron chi connectivity index (χ4n) is 3.21.